The van der Waals surface area contributed by atoms with Gasteiger partial charge in [0.2, 0.25) is 0 Å². The number of halogens is 6. The van der Waals surface area contributed by atoms with Crippen LogP contribution in [0.4, 0.5) is 26.3 Å². The van der Waals surface area contributed by atoms with Crippen molar-refractivity contribution < 1.29 is 56.4 Å². The molecule has 0 fully saturated rings. The summed E-state index contributed by atoms with van der Waals surface area (Å²) >= 11 is 0. The van der Waals surface area contributed by atoms with Gasteiger partial charge in [0.15, 0.2) is 0 Å². The fraction of sp³-hybridized carbons (Fsp3) is 0.750. The molecule has 0 rings (SSSR count). The lowest BCUT2D eigenvalue weighted by Crippen LogP contribution is -2.21. The molecule has 0 aliphatic carbocycles. The SMILES string of the molecule is CCC(O)CO.O=C(O)C(F)(F)F.O=C(O)C(F)(F)F. The first-order chi connectivity index (χ1) is 8.69. The van der Waals surface area contributed by atoms with Crippen LogP contribution in [0.1, 0.15) is 13.3 Å². The number of aliphatic hydroxyl groups excluding tert-OH is 2. The number of hydrogen-bond donors (Lipinski definition) is 4. The van der Waals surface area contributed by atoms with Gasteiger partial charge in [0.1, 0.15) is 0 Å². The van der Waals surface area contributed by atoms with Gasteiger partial charge in [-0.25, -0.2) is 9.59 Å². The molecule has 0 heterocycles. The van der Waals surface area contributed by atoms with Gasteiger partial charge < -0.3 is 20.4 Å². The maximum Gasteiger partial charge on any atom is 0.490 e. The molecular formula is C8H12F6O6. The summed E-state index contributed by atoms with van der Waals surface area (Å²) in [6.45, 7) is 1.71. The van der Waals surface area contributed by atoms with Gasteiger partial charge in [0, 0.05) is 0 Å². The van der Waals surface area contributed by atoms with Crippen molar-refractivity contribution in [1.29, 1.82) is 0 Å². The number of aliphatic carboxylic acids is 2. The molecular weight excluding hydrogens is 306 g/mol. The molecule has 0 aliphatic heterocycles. The van der Waals surface area contributed by atoms with E-state index in [2.05, 4.69) is 0 Å². The second-order valence-corrected chi connectivity index (χ2v) is 2.85. The van der Waals surface area contributed by atoms with Crippen molar-refractivity contribution in [2.24, 2.45) is 0 Å². The van der Waals surface area contributed by atoms with E-state index in [0.717, 1.165) is 0 Å². The molecule has 4 N–H and O–H groups in total. The minimum atomic E-state index is -5.08. The number of aliphatic hydroxyl groups is 2. The van der Waals surface area contributed by atoms with E-state index < -0.39 is 30.4 Å². The molecule has 20 heavy (non-hydrogen) atoms. The predicted octanol–water partition coefficient (Wildman–Crippen LogP) is 1.02. The van der Waals surface area contributed by atoms with Crippen LogP contribution in [0.25, 0.3) is 0 Å². The first-order valence-corrected chi connectivity index (χ1v) is 4.59. The monoisotopic (exact) mass is 318 g/mol. The van der Waals surface area contributed by atoms with Crippen molar-refractivity contribution in [3.8, 4) is 0 Å². The topological polar surface area (TPSA) is 115 Å². The Kier molecular flexibility index (Phi) is 12.1. The number of carboxylic acids is 2. The Morgan fingerprint density at radius 1 is 0.950 bits per heavy atom. The summed E-state index contributed by atoms with van der Waals surface area (Å²) in [4.78, 5) is 17.8. The molecule has 12 heteroatoms. The maximum absolute atomic E-state index is 10.6. The zero-order valence-corrected chi connectivity index (χ0v) is 9.86. The third-order valence-corrected chi connectivity index (χ3v) is 1.17. The fourth-order valence-corrected chi connectivity index (χ4v) is 0.129. The fourth-order valence-electron chi connectivity index (χ4n) is 0.129. The number of carboxylic acid groups (broad SMARTS) is 2. The van der Waals surface area contributed by atoms with Crippen molar-refractivity contribution in [1.82, 2.24) is 0 Å². The molecule has 0 bridgehead atoms. The van der Waals surface area contributed by atoms with Crippen LogP contribution < -0.4 is 0 Å². The van der Waals surface area contributed by atoms with Crippen molar-refractivity contribution in [2.45, 2.75) is 31.8 Å². The Bertz CT molecular complexity index is 258. The predicted molar refractivity (Wildman–Crippen MR) is 50.8 cm³/mol. The molecule has 0 aromatic heterocycles. The number of carbonyl (C=O) groups is 2. The van der Waals surface area contributed by atoms with Gasteiger partial charge in [-0.05, 0) is 6.42 Å². The smallest absolute Gasteiger partial charge is 0.475 e. The molecule has 0 aromatic rings. The van der Waals surface area contributed by atoms with Crippen molar-refractivity contribution in [3.63, 3.8) is 0 Å². The average molecular weight is 318 g/mol. The Balaban J connectivity index is -0.000000218. The first kappa shape index (κ1) is 23.5. The van der Waals surface area contributed by atoms with Gasteiger partial charge in [-0.1, -0.05) is 6.92 Å². The summed E-state index contributed by atoms with van der Waals surface area (Å²) in [6.07, 6.45) is -10.0. The lowest BCUT2D eigenvalue weighted by molar-refractivity contribution is -0.193. The second kappa shape index (κ2) is 10.3. The van der Waals surface area contributed by atoms with Gasteiger partial charge in [0.05, 0.1) is 12.7 Å². The first-order valence-electron chi connectivity index (χ1n) is 4.59. The summed E-state index contributed by atoms with van der Waals surface area (Å²) in [6, 6.07) is 0. The lowest BCUT2D eigenvalue weighted by Gasteiger charge is -1.97. The zero-order valence-electron chi connectivity index (χ0n) is 9.86. The quantitative estimate of drug-likeness (QED) is 0.565. The molecule has 0 amide bonds. The number of hydrogen-bond acceptors (Lipinski definition) is 4. The van der Waals surface area contributed by atoms with Crippen molar-refractivity contribution in [3.05, 3.63) is 0 Å². The highest BCUT2D eigenvalue weighted by molar-refractivity contribution is 5.73. The van der Waals surface area contributed by atoms with Crippen LogP contribution >= 0.6 is 0 Å². The highest BCUT2D eigenvalue weighted by Crippen LogP contribution is 2.13. The minimum absolute atomic E-state index is 0.115. The summed E-state index contributed by atoms with van der Waals surface area (Å²) < 4.78 is 63.5. The summed E-state index contributed by atoms with van der Waals surface area (Å²) in [5.41, 5.74) is 0. The van der Waals surface area contributed by atoms with E-state index in [1.165, 1.54) is 0 Å². The number of rotatable bonds is 2. The molecule has 1 atom stereocenters. The van der Waals surface area contributed by atoms with E-state index in [1.54, 1.807) is 0 Å². The van der Waals surface area contributed by atoms with E-state index in [0.29, 0.717) is 6.42 Å². The van der Waals surface area contributed by atoms with Crippen LogP contribution in [0.5, 0.6) is 0 Å². The Morgan fingerprint density at radius 2 is 1.15 bits per heavy atom. The van der Waals surface area contributed by atoms with Crippen LogP contribution in [0, 0.1) is 0 Å². The van der Waals surface area contributed by atoms with Crippen LogP contribution in [-0.2, 0) is 9.59 Å². The van der Waals surface area contributed by atoms with Gasteiger partial charge in [-0.2, -0.15) is 26.3 Å². The third-order valence-electron chi connectivity index (χ3n) is 1.17. The molecule has 0 aromatic carbocycles. The van der Waals surface area contributed by atoms with Crippen LogP contribution in [0.3, 0.4) is 0 Å². The Morgan fingerprint density at radius 3 is 1.15 bits per heavy atom. The molecule has 0 aliphatic rings. The number of alkyl halides is 6. The molecule has 0 radical (unpaired) electrons. The highest BCUT2D eigenvalue weighted by Gasteiger charge is 2.38. The van der Waals surface area contributed by atoms with Crippen molar-refractivity contribution >= 4 is 11.9 Å². The van der Waals surface area contributed by atoms with Crippen molar-refractivity contribution in [2.75, 3.05) is 6.61 Å². The minimum Gasteiger partial charge on any atom is -0.475 e. The lowest BCUT2D eigenvalue weighted by atomic mass is 10.3. The van der Waals surface area contributed by atoms with Crippen LogP contribution in [-0.4, -0.2) is 57.4 Å². The molecule has 122 valence electrons. The van der Waals surface area contributed by atoms with E-state index in [1.807, 2.05) is 6.92 Å². The van der Waals surface area contributed by atoms with E-state index in [9.17, 15) is 26.3 Å². The second-order valence-electron chi connectivity index (χ2n) is 2.85. The Labute approximate surface area is 108 Å². The van der Waals surface area contributed by atoms with Gasteiger partial charge in [0.25, 0.3) is 0 Å². The van der Waals surface area contributed by atoms with E-state index >= 15 is 0 Å². The molecule has 0 saturated carbocycles. The highest BCUT2D eigenvalue weighted by atomic mass is 19.4. The van der Waals surface area contributed by atoms with Gasteiger partial charge in [-0.3, -0.25) is 0 Å². The molecule has 6 nitrogen and oxygen atoms in total. The standard InChI is InChI=1S/C4H10O2.2C2HF3O2/c1-2-4(6)3-5;2*3-2(4,5)1(6)7/h4-6H,2-3H2,1H3;2*(H,6,7). The average Bonchev–Trinajstić information content (AvgIpc) is 2.27. The zero-order chi connectivity index (χ0) is 17.1. The van der Waals surface area contributed by atoms with Crippen LogP contribution in [0.2, 0.25) is 0 Å². The summed E-state index contributed by atoms with van der Waals surface area (Å²) in [7, 11) is 0. The summed E-state index contributed by atoms with van der Waals surface area (Å²) in [5.74, 6) is -5.51. The summed E-state index contributed by atoms with van der Waals surface area (Å²) in [5, 5.41) is 30.8. The molecule has 1 unspecified atom stereocenters. The largest absolute Gasteiger partial charge is 0.490 e. The van der Waals surface area contributed by atoms with Crippen LogP contribution in [0.15, 0.2) is 0 Å². The Hall–Kier alpha value is -1.56. The maximum atomic E-state index is 10.6. The molecule has 0 spiro atoms. The van der Waals surface area contributed by atoms with Gasteiger partial charge in [-0.15, -0.1) is 0 Å². The van der Waals surface area contributed by atoms with E-state index in [-0.39, 0.29) is 6.61 Å². The third kappa shape index (κ3) is 18.8. The normalized spacial score (nSPS) is 12.2. The molecule has 0 saturated heterocycles. The van der Waals surface area contributed by atoms with E-state index in [4.69, 9.17) is 30.0 Å². The van der Waals surface area contributed by atoms with Gasteiger partial charge >= 0.3 is 24.3 Å².